The monoisotopic (exact) mass is 256 g/mol. The third-order valence-electron chi connectivity index (χ3n) is 2.66. The average Bonchev–Trinajstić information content (AvgIpc) is 2.39. The molecule has 0 aliphatic carbocycles. The smallest absolute Gasteiger partial charge is 0.255 e. The molecule has 0 atom stereocenters. The Morgan fingerprint density at radius 1 is 1.26 bits per heavy atom. The first-order valence-corrected chi connectivity index (χ1v) is 6.05. The van der Waals surface area contributed by atoms with Gasteiger partial charge in [0.15, 0.2) is 0 Å². The van der Waals surface area contributed by atoms with Crippen molar-refractivity contribution in [2.45, 2.75) is 19.8 Å². The molecule has 0 spiro atoms. The van der Waals surface area contributed by atoms with E-state index in [-0.39, 0.29) is 11.8 Å². The summed E-state index contributed by atoms with van der Waals surface area (Å²) < 4.78 is 0. The summed E-state index contributed by atoms with van der Waals surface area (Å²) in [7, 11) is 0. The Bertz CT molecular complexity index is 581. The van der Waals surface area contributed by atoms with Crippen LogP contribution in [0.5, 0.6) is 0 Å². The predicted octanol–water partition coefficient (Wildman–Crippen LogP) is 2.43. The maximum atomic E-state index is 12.1. The summed E-state index contributed by atoms with van der Waals surface area (Å²) in [6, 6.07) is 6.79. The van der Waals surface area contributed by atoms with Gasteiger partial charge in [-0.1, -0.05) is 13.8 Å². The molecule has 5 heteroatoms. The molecule has 0 radical (unpaired) electrons. The third kappa shape index (κ3) is 3.28. The van der Waals surface area contributed by atoms with E-state index < -0.39 is 0 Å². The predicted molar refractivity (Wildman–Crippen MR) is 74.9 cm³/mol. The van der Waals surface area contributed by atoms with Gasteiger partial charge in [0.2, 0.25) is 0 Å². The van der Waals surface area contributed by atoms with E-state index >= 15 is 0 Å². The highest BCUT2D eigenvalue weighted by Crippen LogP contribution is 2.17. The molecule has 2 heterocycles. The lowest BCUT2D eigenvalue weighted by atomic mass is 10.1. The summed E-state index contributed by atoms with van der Waals surface area (Å²) in [5, 5.41) is 2.79. The highest BCUT2D eigenvalue weighted by molar-refractivity contribution is 6.04. The zero-order valence-electron chi connectivity index (χ0n) is 10.9. The zero-order chi connectivity index (χ0) is 13.8. The van der Waals surface area contributed by atoms with Crippen molar-refractivity contribution in [2.24, 2.45) is 0 Å². The second-order valence-electron chi connectivity index (χ2n) is 4.55. The maximum Gasteiger partial charge on any atom is 0.255 e. The van der Waals surface area contributed by atoms with Crippen LogP contribution in [0.15, 0.2) is 36.7 Å². The van der Waals surface area contributed by atoms with E-state index in [0.29, 0.717) is 17.1 Å². The van der Waals surface area contributed by atoms with Crippen molar-refractivity contribution in [3.8, 4) is 0 Å². The van der Waals surface area contributed by atoms with E-state index in [4.69, 9.17) is 5.73 Å². The highest BCUT2D eigenvalue weighted by atomic mass is 16.1. The first-order chi connectivity index (χ1) is 9.06. The number of nitrogen functional groups attached to an aromatic ring is 1. The Morgan fingerprint density at radius 2 is 1.95 bits per heavy atom. The van der Waals surface area contributed by atoms with Crippen molar-refractivity contribution in [3.05, 3.63) is 47.9 Å². The molecule has 0 aromatic carbocycles. The van der Waals surface area contributed by atoms with Gasteiger partial charge in [-0.3, -0.25) is 9.78 Å². The number of aromatic nitrogens is 2. The SMILES string of the molecule is CC(C)c1cc(C(=O)Nc2ccncc2)cc(N)n1. The lowest BCUT2D eigenvalue weighted by Crippen LogP contribution is -2.13. The van der Waals surface area contributed by atoms with Crippen LogP contribution in [0.1, 0.15) is 35.8 Å². The van der Waals surface area contributed by atoms with Gasteiger partial charge in [0.05, 0.1) is 0 Å². The molecule has 19 heavy (non-hydrogen) atoms. The largest absolute Gasteiger partial charge is 0.384 e. The number of nitrogens with zero attached hydrogens (tertiary/aromatic N) is 2. The second-order valence-corrected chi connectivity index (χ2v) is 4.55. The molecule has 1 amide bonds. The van der Waals surface area contributed by atoms with Crippen molar-refractivity contribution < 1.29 is 4.79 Å². The van der Waals surface area contributed by atoms with Crippen LogP contribution in [0, 0.1) is 0 Å². The number of pyridine rings is 2. The number of nitrogens with two attached hydrogens (primary N) is 1. The molecule has 0 saturated carbocycles. The Balaban J connectivity index is 2.24. The lowest BCUT2D eigenvalue weighted by Gasteiger charge is -2.09. The Morgan fingerprint density at radius 3 is 2.58 bits per heavy atom. The number of carbonyl (C=O) groups excluding carboxylic acids is 1. The fourth-order valence-corrected chi connectivity index (χ4v) is 1.64. The molecule has 5 nitrogen and oxygen atoms in total. The first kappa shape index (κ1) is 13.0. The molecule has 0 bridgehead atoms. The first-order valence-electron chi connectivity index (χ1n) is 6.05. The summed E-state index contributed by atoms with van der Waals surface area (Å²) in [5.41, 5.74) is 7.74. The number of rotatable bonds is 3. The van der Waals surface area contributed by atoms with E-state index in [1.54, 1.807) is 36.7 Å². The molecule has 2 aromatic rings. The van der Waals surface area contributed by atoms with Crippen LogP contribution in [-0.4, -0.2) is 15.9 Å². The maximum absolute atomic E-state index is 12.1. The fourth-order valence-electron chi connectivity index (χ4n) is 1.64. The van der Waals surface area contributed by atoms with E-state index in [9.17, 15) is 4.79 Å². The van der Waals surface area contributed by atoms with Gasteiger partial charge in [-0.25, -0.2) is 4.98 Å². The molecule has 0 aliphatic rings. The van der Waals surface area contributed by atoms with Crippen molar-refractivity contribution in [1.29, 1.82) is 0 Å². The van der Waals surface area contributed by atoms with Crippen LogP contribution in [0.2, 0.25) is 0 Å². The number of amides is 1. The van der Waals surface area contributed by atoms with Gasteiger partial charge in [-0.15, -0.1) is 0 Å². The molecule has 0 fully saturated rings. The molecule has 2 aromatic heterocycles. The standard InChI is InChI=1S/C14H16N4O/c1-9(2)12-7-10(8-13(15)18-12)14(19)17-11-3-5-16-6-4-11/h3-9H,1-2H3,(H2,15,18)(H,16,17,19). The molecule has 0 aliphatic heterocycles. The molecule has 3 N–H and O–H groups in total. The van der Waals surface area contributed by atoms with Crippen molar-refractivity contribution in [1.82, 2.24) is 9.97 Å². The fraction of sp³-hybridized carbons (Fsp3) is 0.214. The number of hydrogen-bond acceptors (Lipinski definition) is 4. The van der Waals surface area contributed by atoms with Crippen LogP contribution >= 0.6 is 0 Å². The average molecular weight is 256 g/mol. The number of anilines is 2. The van der Waals surface area contributed by atoms with Crippen molar-refractivity contribution in [3.63, 3.8) is 0 Å². The van der Waals surface area contributed by atoms with E-state index in [2.05, 4.69) is 15.3 Å². The molecule has 0 unspecified atom stereocenters. The highest BCUT2D eigenvalue weighted by Gasteiger charge is 2.11. The quantitative estimate of drug-likeness (QED) is 0.883. The summed E-state index contributed by atoms with van der Waals surface area (Å²) >= 11 is 0. The zero-order valence-corrected chi connectivity index (χ0v) is 10.9. The van der Waals surface area contributed by atoms with E-state index in [1.165, 1.54) is 0 Å². The van der Waals surface area contributed by atoms with Crippen molar-refractivity contribution in [2.75, 3.05) is 11.1 Å². The lowest BCUT2D eigenvalue weighted by molar-refractivity contribution is 0.102. The van der Waals surface area contributed by atoms with Gasteiger partial charge < -0.3 is 11.1 Å². The molecular formula is C14H16N4O. The number of hydrogen-bond donors (Lipinski definition) is 2. The Kier molecular flexibility index (Phi) is 3.75. The van der Waals surface area contributed by atoms with Gasteiger partial charge in [-0.05, 0) is 30.2 Å². The van der Waals surface area contributed by atoms with Gasteiger partial charge >= 0.3 is 0 Å². The van der Waals surface area contributed by atoms with Crippen LogP contribution in [0.25, 0.3) is 0 Å². The Labute approximate surface area is 111 Å². The topological polar surface area (TPSA) is 80.9 Å². The molecule has 98 valence electrons. The minimum Gasteiger partial charge on any atom is -0.384 e. The molecule has 0 saturated heterocycles. The van der Waals surface area contributed by atoms with E-state index in [1.807, 2.05) is 13.8 Å². The summed E-state index contributed by atoms with van der Waals surface area (Å²) in [6.45, 7) is 4.01. The van der Waals surface area contributed by atoms with Gasteiger partial charge in [-0.2, -0.15) is 0 Å². The summed E-state index contributed by atoms with van der Waals surface area (Å²) in [6.07, 6.45) is 3.24. The van der Waals surface area contributed by atoms with Gasteiger partial charge in [0.25, 0.3) is 5.91 Å². The van der Waals surface area contributed by atoms with E-state index in [0.717, 1.165) is 5.69 Å². The normalized spacial score (nSPS) is 10.5. The van der Waals surface area contributed by atoms with Crippen LogP contribution in [0.4, 0.5) is 11.5 Å². The minimum absolute atomic E-state index is 0.206. The molecular weight excluding hydrogens is 240 g/mol. The van der Waals surface area contributed by atoms with Crippen LogP contribution in [-0.2, 0) is 0 Å². The summed E-state index contributed by atoms with van der Waals surface area (Å²) in [5.74, 6) is 0.365. The third-order valence-corrected chi connectivity index (χ3v) is 2.66. The second kappa shape index (κ2) is 5.48. The molecule has 2 rings (SSSR count). The van der Waals surface area contributed by atoms with Gasteiger partial charge in [0, 0.05) is 29.3 Å². The number of carbonyl (C=O) groups is 1. The number of nitrogens with one attached hydrogen (secondary N) is 1. The Hall–Kier alpha value is -2.43. The van der Waals surface area contributed by atoms with Crippen LogP contribution < -0.4 is 11.1 Å². The van der Waals surface area contributed by atoms with Crippen molar-refractivity contribution >= 4 is 17.4 Å². The van der Waals surface area contributed by atoms with Gasteiger partial charge in [0.1, 0.15) is 5.82 Å². The minimum atomic E-state index is -0.206. The summed E-state index contributed by atoms with van der Waals surface area (Å²) in [4.78, 5) is 20.2. The van der Waals surface area contributed by atoms with Crippen LogP contribution in [0.3, 0.4) is 0 Å².